The van der Waals surface area contributed by atoms with Crippen LogP contribution in [0.1, 0.15) is 40.7 Å². The van der Waals surface area contributed by atoms with Crippen molar-refractivity contribution in [1.82, 2.24) is 9.55 Å². The van der Waals surface area contributed by atoms with Crippen molar-refractivity contribution in [2.24, 2.45) is 0 Å². The largest absolute Gasteiger partial charge is 0.504 e. The van der Waals surface area contributed by atoms with E-state index in [2.05, 4.69) is 4.98 Å². The second kappa shape index (κ2) is 7.36. The van der Waals surface area contributed by atoms with E-state index in [1.165, 1.54) is 41.3 Å². The number of hydrogen-bond donors (Lipinski definition) is 2. The molecule has 6 nitrogen and oxygen atoms in total. The van der Waals surface area contributed by atoms with Gasteiger partial charge in [-0.15, -0.1) is 11.3 Å². The number of nitrogens with zero attached hydrogens (tertiary/aromatic N) is 2. The summed E-state index contributed by atoms with van der Waals surface area (Å²) in [6, 6.07) is 3.87. The van der Waals surface area contributed by atoms with Gasteiger partial charge >= 0.3 is 0 Å². The lowest BCUT2D eigenvalue weighted by Gasteiger charge is -2.15. The molecule has 27 heavy (non-hydrogen) atoms. The van der Waals surface area contributed by atoms with Crippen LogP contribution in [0.15, 0.2) is 28.2 Å². The molecule has 0 aliphatic carbocycles. The minimum atomic E-state index is -0.339. The predicted octanol–water partition coefficient (Wildman–Crippen LogP) is 4.04. The number of hydrogen-bond acceptors (Lipinski definition) is 7. The number of thioether (sulfide) groups is 1. The van der Waals surface area contributed by atoms with Crippen LogP contribution in [-0.2, 0) is 0 Å². The van der Waals surface area contributed by atoms with E-state index < -0.39 is 0 Å². The Kier molecular flexibility index (Phi) is 5.30. The van der Waals surface area contributed by atoms with Gasteiger partial charge in [0.1, 0.15) is 4.83 Å². The number of phenolic OH excluding ortho intramolecular Hbond substituents is 2. The molecule has 2 N–H and O–H groups in total. The highest BCUT2D eigenvalue weighted by atomic mass is 32.2. The van der Waals surface area contributed by atoms with Crippen molar-refractivity contribution in [3.63, 3.8) is 0 Å². The first-order valence-corrected chi connectivity index (χ1v) is 10.2. The number of aromatic hydroxyl groups is 2. The van der Waals surface area contributed by atoms with Crippen molar-refractivity contribution in [3.05, 3.63) is 44.6 Å². The first-order chi connectivity index (χ1) is 12.7. The molecule has 3 aromatic rings. The topological polar surface area (TPSA) is 92.4 Å². The maximum Gasteiger partial charge on any atom is 0.263 e. The number of carbonyl (C=O) groups excluding carboxylic acids is 1. The quantitative estimate of drug-likeness (QED) is 0.289. The summed E-state index contributed by atoms with van der Waals surface area (Å²) in [6.45, 7) is 7.71. The number of benzene rings is 1. The number of ketones is 1. The summed E-state index contributed by atoms with van der Waals surface area (Å²) in [5.74, 6) is -0.769. The highest BCUT2D eigenvalue weighted by Crippen LogP contribution is 2.30. The standard InChI is InChI=1S/C19H20N2O4S2/c1-9(2)21-18(25)16-10(3)11(4)27-17(16)20-19(21)26-8-15(24)12-5-6-13(22)14(23)7-12/h5-7,9,22-23H,8H2,1-4H3. The molecule has 0 amide bonds. The molecule has 3 rings (SSSR count). The summed E-state index contributed by atoms with van der Waals surface area (Å²) >= 11 is 2.68. The molecule has 0 saturated carbocycles. The van der Waals surface area contributed by atoms with Crippen molar-refractivity contribution in [2.45, 2.75) is 38.9 Å². The molecule has 1 aromatic carbocycles. The number of aromatic nitrogens is 2. The molecular formula is C19H20N2O4S2. The molecule has 0 aliphatic heterocycles. The normalized spacial score (nSPS) is 11.4. The zero-order chi connectivity index (χ0) is 19.9. The van der Waals surface area contributed by atoms with E-state index in [1.807, 2.05) is 27.7 Å². The van der Waals surface area contributed by atoms with Gasteiger partial charge < -0.3 is 10.2 Å². The summed E-state index contributed by atoms with van der Waals surface area (Å²) in [5, 5.41) is 20.1. The van der Waals surface area contributed by atoms with Crippen LogP contribution >= 0.6 is 23.1 Å². The van der Waals surface area contributed by atoms with E-state index in [1.54, 1.807) is 4.57 Å². The highest BCUT2D eigenvalue weighted by Gasteiger charge is 2.19. The van der Waals surface area contributed by atoms with Gasteiger partial charge in [0.25, 0.3) is 5.56 Å². The minimum Gasteiger partial charge on any atom is -0.504 e. The number of carbonyl (C=O) groups is 1. The van der Waals surface area contributed by atoms with Gasteiger partial charge in [0.15, 0.2) is 22.4 Å². The molecule has 2 heterocycles. The number of phenols is 2. The van der Waals surface area contributed by atoms with Crippen LogP contribution in [0.2, 0.25) is 0 Å². The zero-order valence-corrected chi connectivity index (χ0v) is 17.1. The van der Waals surface area contributed by atoms with Gasteiger partial charge in [0.2, 0.25) is 0 Å². The number of aryl methyl sites for hydroxylation is 2. The first kappa shape index (κ1) is 19.4. The van der Waals surface area contributed by atoms with Gasteiger partial charge in [-0.3, -0.25) is 14.2 Å². The lowest BCUT2D eigenvalue weighted by Crippen LogP contribution is -2.25. The molecule has 0 spiro atoms. The van der Waals surface area contributed by atoms with E-state index >= 15 is 0 Å². The van der Waals surface area contributed by atoms with Crippen LogP contribution in [-0.4, -0.2) is 31.3 Å². The average Bonchev–Trinajstić information content (AvgIpc) is 2.89. The second-order valence-electron chi connectivity index (χ2n) is 6.54. The first-order valence-electron chi connectivity index (χ1n) is 8.41. The van der Waals surface area contributed by atoms with Crippen molar-refractivity contribution < 1.29 is 15.0 Å². The van der Waals surface area contributed by atoms with E-state index in [0.29, 0.717) is 20.9 Å². The van der Waals surface area contributed by atoms with Gasteiger partial charge in [-0.05, 0) is 51.5 Å². The van der Waals surface area contributed by atoms with E-state index in [-0.39, 0.29) is 34.6 Å². The summed E-state index contributed by atoms with van der Waals surface area (Å²) < 4.78 is 1.62. The Morgan fingerprint density at radius 2 is 1.96 bits per heavy atom. The lowest BCUT2D eigenvalue weighted by atomic mass is 10.1. The third-order valence-corrected chi connectivity index (χ3v) is 6.40. The Balaban J connectivity index is 1.96. The summed E-state index contributed by atoms with van der Waals surface area (Å²) in [6.07, 6.45) is 0. The van der Waals surface area contributed by atoms with Gasteiger partial charge in [0, 0.05) is 16.5 Å². The molecule has 0 unspecified atom stereocenters. The molecule has 0 atom stereocenters. The SMILES string of the molecule is Cc1sc2nc(SCC(=O)c3ccc(O)c(O)c3)n(C(C)C)c(=O)c2c1C. The minimum absolute atomic E-state index is 0.0677. The van der Waals surface area contributed by atoms with Crippen LogP contribution in [0.4, 0.5) is 0 Å². The zero-order valence-electron chi connectivity index (χ0n) is 15.4. The van der Waals surface area contributed by atoms with E-state index in [9.17, 15) is 19.8 Å². The van der Waals surface area contributed by atoms with Crippen LogP contribution < -0.4 is 5.56 Å². The second-order valence-corrected chi connectivity index (χ2v) is 8.69. The summed E-state index contributed by atoms with van der Waals surface area (Å²) in [7, 11) is 0. The molecular weight excluding hydrogens is 384 g/mol. The highest BCUT2D eigenvalue weighted by molar-refractivity contribution is 7.99. The maximum atomic E-state index is 13.0. The number of Topliss-reactive ketones (excluding diaryl/α,β-unsaturated/α-hetero) is 1. The van der Waals surface area contributed by atoms with Gasteiger partial charge in [-0.2, -0.15) is 0 Å². The van der Waals surface area contributed by atoms with Crippen LogP contribution in [0.5, 0.6) is 11.5 Å². The Labute approximate surface area is 164 Å². The Morgan fingerprint density at radius 1 is 1.26 bits per heavy atom. The molecule has 2 aromatic heterocycles. The third kappa shape index (κ3) is 3.59. The number of thiophene rings is 1. The van der Waals surface area contributed by atoms with Crippen molar-refractivity contribution in [3.8, 4) is 11.5 Å². The summed E-state index contributed by atoms with van der Waals surface area (Å²) in [4.78, 5) is 31.8. The third-order valence-electron chi connectivity index (χ3n) is 4.35. The van der Waals surface area contributed by atoms with Crippen LogP contribution in [0.25, 0.3) is 10.2 Å². The molecule has 0 radical (unpaired) electrons. The molecule has 0 fully saturated rings. The molecule has 8 heteroatoms. The fraction of sp³-hybridized carbons (Fsp3) is 0.316. The molecule has 142 valence electrons. The van der Waals surface area contributed by atoms with Crippen molar-refractivity contribution >= 4 is 39.1 Å². The predicted molar refractivity (Wildman–Crippen MR) is 109 cm³/mol. The number of fused-ring (bicyclic) bond motifs is 1. The molecule has 0 saturated heterocycles. The van der Waals surface area contributed by atoms with Gasteiger partial charge in [0.05, 0.1) is 11.1 Å². The van der Waals surface area contributed by atoms with Crippen LogP contribution in [0, 0.1) is 13.8 Å². The molecule has 0 aliphatic rings. The van der Waals surface area contributed by atoms with E-state index in [4.69, 9.17) is 0 Å². The fourth-order valence-electron chi connectivity index (χ4n) is 2.76. The number of rotatable bonds is 5. The summed E-state index contributed by atoms with van der Waals surface area (Å²) in [5.41, 5.74) is 1.16. The van der Waals surface area contributed by atoms with Crippen molar-refractivity contribution in [1.29, 1.82) is 0 Å². The molecule has 0 bridgehead atoms. The smallest absolute Gasteiger partial charge is 0.263 e. The van der Waals surface area contributed by atoms with Gasteiger partial charge in [-0.25, -0.2) is 4.98 Å². The van der Waals surface area contributed by atoms with Gasteiger partial charge in [-0.1, -0.05) is 11.8 Å². The average molecular weight is 405 g/mol. The van der Waals surface area contributed by atoms with E-state index in [0.717, 1.165) is 10.4 Å². The van der Waals surface area contributed by atoms with Crippen LogP contribution in [0.3, 0.4) is 0 Å². The lowest BCUT2D eigenvalue weighted by molar-refractivity contribution is 0.102. The maximum absolute atomic E-state index is 13.0. The Hall–Kier alpha value is -2.32. The van der Waals surface area contributed by atoms with Crippen molar-refractivity contribution in [2.75, 3.05) is 5.75 Å². The fourth-order valence-corrected chi connectivity index (χ4v) is 4.85. The Morgan fingerprint density at radius 3 is 2.59 bits per heavy atom. The Bertz CT molecular complexity index is 1100. The monoisotopic (exact) mass is 404 g/mol.